The summed E-state index contributed by atoms with van der Waals surface area (Å²) in [5.41, 5.74) is 0.999. The van der Waals surface area contributed by atoms with Crippen molar-refractivity contribution in [2.45, 2.75) is 32.7 Å². The lowest BCUT2D eigenvalue weighted by Gasteiger charge is -2.32. The molecule has 0 saturated carbocycles. The van der Waals surface area contributed by atoms with Crippen LogP contribution in [0.1, 0.15) is 25.1 Å². The number of anilines is 1. The number of nitrogens with one attached hydrogen (secondary N) is 1. The Kier molecular flexibility index (Phi) is 5.14. The van der Waals surface area contributed by atoms with Crippen molar-refractivity contribution in [3.63, 3.8) is 0 Å². The number of benzene rings is 1. The molecule has 28 heavy (non-hydrogen) atoms. The first kappa shape index (κ1) is 18.3. The number of fused-ring (bicyclic) bond motifs is 1. The molecule has 7 heteroatoms. The van der Waals surface area contributed by atoms with Gasteiger partial charge >= 0.3 is 6.03 Å². The number of amides is 2. The van der Waals surface area contributed by atoms with E-state index in [0.29, 0.717) is 22.6 Å². The van der Waals surface area contributed by atoms with E-state index in [1.807, 2.05) is 24.2 Å². The van der Waals surface area contributed by atoms with Crippen LogP contribution in [0, 0.1) is 12.8 Å². The minimum Gasteiger partial charge on any atom is -0.464 e. The normalized spacial score (nSPS) is 15.1. The van der Waals surface area contributed by atoms with Crippen LogP contribution < -0.4 is 10.7 Å². The molecular weight excluding hydrogens is 356 g/mol. The van der Waals surface area contributed by atoms with Crippen LogP contribution in [0.25, 0.3) is 11.0 Å². The quantitative estimate of drug-likeness (QED) is 0.749. The van der Waals surface area contributed by atoms with Gasteiger partial charge in [-0.15, -0.1) is 0 Å². The predicted molar refractivity (Wildman–Crippen MR) is 107 cm³/mol. The molecular formula is C21H24N4O3. The minimum absolute atomic E-state index is 0.119. The number of hydrogen-bond donors (Lipinski definition) is 1. The monoisotopic (exact) mass is 380 g/mol. The summed E-state index contributed by atoms with van der Waals surface area (Å²) in [6, 6.07) is 6.38. The fraction of sp³-hybridized carbons (Fsp3) is 0.381. The van der Waals surface area contributed by atoms with Gasteiger partial charge in [-0.2, -0.15) is 0 Å². The maximum atomic E-state index is 12.6. The second-order valence-corrected chi connectivity index (χ2v) is 7.31. The van der Waals surface area contributed by atoms with E-state index < -0.39 is 0 Å². The van der Waals surface area contributed by atoms with Crippen molar-refractivity contribution in [2.75, 3.05) is 18.4 Å². The highest BCUT2D eigenvalue weighted by molar-refractivity contribution is 5.92. The van der Waals surface area contributed by atoms with E-state index in [9.17, 15) is 9.59 Å². The number of imidazole rings is 1. The van der Waals surface area contributed by atoms with Gasteiger partial charge in [-0.25, -0.2) is 9.78 Å². The Bertz CT molecular complexity index is 1030. The lowest BCUT2D eigenvalue weighted by Crippen LogP contribution is -2.41. The van der Waals surface area contributed by atoms with Crippen LogP contribution in [0.15, 0.2) is 52.1 Å². The Balaban J connectivity index is 1.31. The summed E-state index contributed by atoms with van der Waals surface area (Å²) in [6.45, 7) is 4.48. The fourth-order valence-corrected chi connectivity index (χ4v) is 3.75. The molecule has 2 amide bonds. The molecule has 0 spiro atoms. The number of aromatic nitrogens is 2. The molecule has 2 aromatic heterocycles. The number of aryl methyl sites for hydroxylation is 2. The summed E-state index contributed by atoms with van der Waals surface area (Å²) in [6.07, 6.45) is 8.33. The van der Waals surface area contributed by atoms with Crippen LogP contribution in [0.4, 0.5) is 10.5 Å². The van der Waals surface area contributed by atoms with Crippen LogP contribution in [0.2, 0.25) is 0 Å². The highest BCUT2D eigenvalue weighted by atomic mass is 16.3. The maximum Gasteiger partial charge on any atom is 0.321 e. The third-order valence-corrected chi connectivity index (χ3v) is 5.51. The molecule has 4 rings (SSSR count). The number of carbonyl (C=O) groups excluding carboxylic acids is 1. The van der Waals surface area contributed by atoms with Crippen LogP contribution in [-0.4, -0.2) is 33.6 Å². The van der Waals surface area contributed by atoms with Gasteiger partial charge in [0.1, 0.15) is 11.4 Å². The Morgan fingerprint density at radius 3 is 2.86 bits per heavy atom. The summed E-state index contributed by atoms with van der Waals surface area (Å²) < 4.78 is 7.48. The Morgan fingerprint density at radius 2 is 2.11 bits per heavy atom. The average Bonchev–Trinajstić information content (AvgIpc) is 3.12. The molecule has 1 fully saturated rings. The Labute approximate surface area is 163 Å². The zero-order valence-electron chi connectivity index (χ0n) is 15.9. The highest BCUT2D eigenvalue weighted by Gasteiger charge is 2.23. The van der Waals surface area contributed by atoms with Gasteiger partial charge < -0.3 is 19.2 Å². The van der Waals surface area contributed by atoms with Gasteiger partial charge in [0.15, 0.2) is 5.43 Å². The molecule has 1 aliphatic heterocycles. The van der Waals surface area contributed by atoms with Crippen molar-refractivity contribution < 1.29 is 9.21 Å². The Morgan fingerprint density at radius 1 is 1.29 bits per heavy atom. The van der Waals surface area contributed by atoms with E-state index in [-0.39, 0.29) is 11.5 Å². The largest absolute Gasteiger partial charge is 0.464 e. The van der Waals surface area contributed by atoms with Gasteiger partial charge in [0.25, 0.3) is 0 Å². The molecule has 7 nitrogen and oxygen atoms in total. The van der Waals surface area contributed by atoms with Gasteiger partial charge in [-0.05, 0) is 50.3 Å². The standard InChI is InChI=1S/C21H24N4O3/c1-15-22-8-12-24(15)9-4-16-5-10-25(11-6-16)21(27)23-17-2-3-20-18(14-17)19(26)7-13-28-20/h2-3,7-8,12-14,16H,4-6,9-11H2,1H3,(H,23,27). The van der Waals surface area contributed by atoms with Gasteiger partial charge in [-0.3, -0.25) is 4.79 Å². The number of likely N-dealkylation sites (tertiary alicyclic amines) is 1. The Hall–Kier alpha value is -3.09. The van der Waals surface area contributed by atoms with E-state index in [2.05, 4.69) is 14.9 Å². The van der Waals surface area contributed by atoms with Crippen molar-refractivity contribution in [3.8, 4) is 0 Å². The molecule has 0 aliphatic carbocycles. The predicted octanol–water partition coefficient (Wildman–Crippen LogP) is 3.63. The molecule has 0 radical (unpaired) electrons. The van der Waals surface area contributed by atoms with Gasteiger partial charge in [0, 0.05) is 43.8 Å². The number of carbonyl (C=O) groups is 1. The number of urea groups is 1. The summed E-state index contributed by atoms with van der Waals surface area (Å²) in [5.74, 6) is 1.66. The van der Waals surface area contributed by atoms with Crippen molar-refractivity contribution in [2.24, 2.45) is 5.92 Å². The number of hydrogen-bond acceptors (Lipinski definition) is 4. The molecule has 1 aliphatic rings. The number of nitrogens with zero attached hydrogens (tertiary/aromatic N) is 3. The van der Waals surface area contributed by atoms with Crippen LogP contribution in [-0.2, 0) is 6.54 Å². The molecule has 0 bridgehead atoms. The summed E-state index contributed by atoms with van der Waals surface area (Å²) >= 11 is 0. The smallest absolute Gasteiger partial charge is 0.321 e. The molecule has 3 aromatic rings. The maximum absolute atomic E-state index is 12.6. The molecule has 0 atom stereocenters. The van der Waals surface area contributed by atoms with Gasteiger partial charge in [0.2, 0.25) is 0 Å². The van der Waals surface area contributed by atoms with Crippen LogP contribution in [0.3, 0.4) is 0 Å². The third kappa shape index (κ3) is 3.93. The van der Waals surface area contributed by atoms with Crippen LogP contribution >= 0.6 is 0 Å². The van der Waals surface area contributed by atoms with Crippen molar-refractivity contribution in [3.05, 3.63) is 59.0 Å². The van der Waals surface area contributed by atoms with E-state index in [4.69, 9.17) is 4.42 Å². The topological polar surface area (TPSA) is 80.4 Å². The summed E-state index contributed by atoms with van der Waals surface area (Å²) in [4.78, 5) is 30.6. The molecule has 1 saturated heterocycles. The second kappa shape index (κ2) is 7.88. The SMILES string of the molecule is Cc1nccn1CCC1CCN(C(=O)Nc2ccc3occc(=O)c3c2)CC1. The molecule has 3 heterocycles. The lowest BCUT2D eigenvalue weighted by atomic mass is 9.93. The van der Waals surface area contributed by atoms with E-state index in [1.165, 1.54) is 12.3 Å². The molecule has 0 unspecified atom stereocenters. The zero-order chi connectivity index (χ0) is 19.5. The third-order valence-electron chi connectivity index (χ3n) is 5.51. The molecule has 1 aromatic carbocycles. The summed E-state index contributed by atoms with van der Waals surface area (Å²) in [7, 11) is 0. The van der Waals surface area contributed by atoms with Gasteiger partial charge in [0.05, 0.1) is 11.6 Å². The highest BCUT2D eigenvalue weighted by Crippen LogP contribution is 2.23. The van der Waals surface area contributed by atoms with Crippen molar-refractivity contribution >= 4 is 22.7 Å². The molecule has 1 N–H and O–H groups in total. The fourth-order valence-electron chi connectivity index (χ4n) is 3.75. The average molecular weight is 380 g/mol. The van der Waals surface area contributed by atoms with Gasteiger partial charge in [-0.1, -0.05) is 0 Å². The minimum atomic E-state index is -0.122. The zero-order valence-corrected chi connectivity index (χ0v) is 15.9. The first-order valence-corrected chi connectivity index (χ1v) is 9.65. The molecule has 146 valence electrons. The van der Waals surface area contributed by atoms with Crippen molar-refractivity contribution in [1.29, 1.82) is 0 Å². The van der Waals surface area contributed by atoms with Crippen LogP contribution in [0.5, 0.6) is 0 Å². The first-order valence-electron chi connectivity index (χ1n) is 9.65. The second-order valence-electron chi connectivity index (χ2n) is 7.31. The number of rotatable bonds is 4. The van der Waals surface area contributed by atoms with E-state index >= 15 is 0 Å². The number of piperidine rings is 1. The first-order chi connectivity index (χ1) is 13.6. The van der Waals surface area contributed by atoms with E-state index in [1.54, 1.807) is 18.2 Å². The van der Waals surface area contributed by atoms with E-state index in [0.717, 1.165) is 44.7 Å². The summed E-state index contributed by atoms with van der Waals surface area (Å²) in [5, 5.41) is 3.37. The van der Waals surface area contributed by atoms with Crippen molar-refractivity contribution in [1.82, 2.24) is 14.5 Å². The lowest BCUT2D eigenvalue weighted by molar-refractivity contribution is 0.178.